The number of aromatic nitrogens is 2. The highest BCUT2D eigenvalue weighted by atomic mass is 32.1. The molecule has 0 saturated carbocycles. The quantitative estimate of drug-likeness (QED) is 0.801. The normalized spacial score (nSPS) is 10.8. The summed E-state index contributed by atoms with van der Waals surface area (Å²) in [6, 6.07) is 9.98. The number of thiazole rings is 1. The first-order chi connectivity index (χ1) is 9.61. The molecule has 0 amide bonds. The van der Waals surface area contributed by atoms with Crippen molar-refractivity contribution < 1.29 is 9.90 Å². The van der Waals surface area contributed by atoms with Crippen LogP contribution in [0, 0.1) is 6.92 Å². The standard InChI is InChI=1S/C15H12N2O2S/c1-9-2-3-10-6-11(4-5-13(10)16-9)15-17-12(8-20-15)7-14(18)19/h2-6,8H,7H2,1H3,(H,18,19). The van der Waals surface area contributed by atoms with Crippen molar-refractivity contribution >= 4 is 28.2 Å². The van der Waals surface area contributed by atoms with E-state index >= 15 is 0 Å². The van der Waals surface area contributed by atoms with E-state index in [4.69, 9.17) is 5.11 Å². The van der Waals surface area contributed by atoms with Crippen molar-refractivity contribution in [2.24, 2.45) is 0 Å². The van der Waals surface area contributed by atoms with Gasteiger partial charge in [-0.05, 0) is 31.2 Å². The molecule has 0 fully saturated rings. The van der Waals surface area contributed by atoms with Crippen LogP contribution < -0.4 is 0 Å². The zero-order valence-electron chi connectivity index (χ0n) is 10.8. The van der Waals surface area contributed by atoms with E-state index < -0.39 is 5.97 Å². The molecule has 0 spiro atoms. The first-order valence-electron chi connectivity index (χ1n) is 6.16. The molecular formula is C15H12N2O2S. The van der Waals surface area contributed by atoms with Crippen LogP contribution in [0.2, 0.25) is 0 Å². The lowest BCUT2D eigenvalue weighted by molar-refractivity contribution is -0.136. The van der Waals surface area contributed by atoms with Gasteiger partial charge in [0, 0.05) is 22.0 Å². The molecule has 0 aliphatic heterocycles. The van der Waals surface area contributed by atoms with Crippen LogP contribution in [0.5, 0.6) is 0 Å². The first kappa shape index (κ1) is 12.7. The summed E-state index contributed by atoms with van der Waals surface area (Å²) in [5.41, 5.74) is 3.53. The number of benzene rings is 1. The fraction of sp³-hybridized carbons (Fsp3) is 0.133. The number of fused-ring (bicyclic) bond motifs is 1. The van der Waals surface area contributed by atoms with E-state index in [1.165, 1.54) is 11.3 Å². The number of carbonyl (C=O) groups is 1. The summed E-state index contributed by atoms with van der Waals surface area (Å²) in [7, 11) is 0. The van der Waals surface area contributed by atoms with E-state index in [-0.39, 0.29) is 6.42 Å². The Hall–Kier alpha value is -2.27. The first-order valence-corrected chi connectivity index (χ1v) is 7.04. The number of hydrogen-bond acceptors (Lipinski definition) is 4. The maximum Gasteiger partial charge on any atom is 0.309 e. The van der Waals surface area contributed by atoms with Crippen molar-refractivity contribution in [1.29, 1.82) is 0 Å². The molecule has 5 heteroatoms. The summed E-state index contributed by atoms with van der Waals surface area (Å²) in [5.74, 6) is -0.861. The average molecular weight is 284 g/mol. The summed E-state index contributed by atoms with van der Waals surface area (Å²) in [4.78, 5) is 19.5. The molecule has 3 aromatic rings. The molecule has 0 saturated heterocycles. The van der Waals surface area contributed by atoms with E-state index in [2.05, 4.69) is 9.97 Å². The second-order valence-electron chi connectivity index (χ2n) is 4.57. The molecule has 1 N–H and O–H groups in total. The van der Waals surface area contributed by atoms with Crippen molar-refractivity contribution in [3.05, 3.63) is 47.1 Å². The Morgan fingerprint density at radius 2 is 2.10 bits per heavy atom. The van der Waals surface area contributed by atoms with Gasteiger partial charge in [0.2, 0.25) is 0 Å². The number of rotatable bonds is 3. The predicted octanol–water partition coefficient (Wildman–Crippen LogP) is 3.29. The van der Waals surface area contributed by atoms with Gasteiger partial charge in [-0.3, -0.25) is 9.78 Å². The van der Waals surface area contributed by atoms with E-state index in [0.717, 1.165) is 27.2 Å². The number of carboxylic acid groups (broad SMARTS) is 1. The molecule has 2 aromatic heterocycles. The molecule has 4 nitrogen and oxygen atoms in total. The van der Waals surface area contributed by atoms with E-state index in [9.17, 15) is 4.79 Å². The minimum atomic E-state index is -0.861. The van der Waals surface area contributed by atoms with Crippen LogP contribution >= 0.6 is 11.3 Å². The molecule has 0 aliphatic rings. The van der Waals surface area contributed by atoms with Crippen LogP contribution in [-0.4, -0.2) is 21.0 Å². The van der Waals surface area contributed by atoms with Gasteiger partial charge >= 0.3 is 5.97 Å². The van der Waals surface area contributed by atoms with E-state index in [1.54, 1.807) is 5.38 Å². The van der Waals surface area contributed by atoms with Gasteiger partial charge in [-0.25, -0.2) is 4.98 Å². The Morgan fingerprint density at radius 3 is 2.90 bits per heavy atom. The van der Waals surface area contributed by atoms with Crippen LogP contribution in [0.4, 0.5) is 0 Å². The molecule has 1 aromatic carbocycles. The summed E-state index contributed by atoms with van der Waals surface area (Å²) in [6.45, 7) is 1.96. The summed E-state index contributed by atoms with van der Waals surface area (Å²) >= 11 is 1.46. The van der Waals surface area contributed by atoms with Crippen molar-refractivity contribution in [3.63, 3.8) is 0 Å². The molecule has 20 heavy (non-hydrogen) atoms. The summed E-state index contributed by atoms with van der Waals surface area (Å²) in [6.07, 6.45) is -0.0369. The molecule has 0 radical (unpaired) electrons. The maximum atomic E-state index is 10.7. The Morgan fingerprint density at radius 1 is 1.25 bits per heavy atom. The van der Waals surface area contributed by atoms with Gasteiger partial charge in [0.25, 0.3) is 0 Å². The highest BCUT2D eigenvalue weighted by molar-refractivity contribution is 7.13. The molecule has 100 valence electrons. The SMILES string of the molecule is Cc1ccc2cc(-c3nc(CC(=O)O)cs3)ccc2n1. The predicted molar refractivity (Wildman–Crippen MR) is 78.9 cm³/mol. The van der Waals surface area contributed by atoms with Gasteiger partial charge in [0.15, 0.2) is 0 Å². The minimum Gasteiger partial charge on any atom is -0.481 e. The van der Waals surface area contributed by atoms with Crippen LogP contribution in [0.25, 0.3) is 21.5 Å². The molecule has 0 aliphatic carbocycles. The summed E-state index contributed by atoms with van der Waals surface area (Å²) < 4.78 is 0. The van der Waals surface area contributed by atoms with Crippen molar-refractivity contribution in [3.8, 4) is 10.6 Å². The Labute approximate surface area is 119 Å². The van der Waals surface area contributed by atoms with E-state index in [0.29, 0.717) is 5.69 Å². The number of aryl methyl sites for hydroxylation is 1. The average Bonchev–Trinajstić information content (AvgIpc) is 2.85. The molecule has 3 rings (SSSR count). The largest absolute Gasteiger partial charge is 0.481 e. The second kappa shape index (κ2) is 5.02. The topological polar surface area (TPSA) is 63.1 Å². The Kier molecular flexibility index (Phi) is 3.20. The monoisotopic (exact) mass is 284 g/mol. The lowest BCUT2D eigenvalue weighted by atomic mass is 10.1. The van der Waals surface area contributed by atoms with Crippen molar-refractivity contribution in [2.45, 2.75) is 13.3 Å². The molecule has 0 unspecified atom stereocenters. The van der Waals surface area contributed by atoms with Gasteiger partial charge in [-0.15, -0.1) is 11.3 Å². The van der Waals surface area contributed by atoms with Crippen molar-refractivity contribution in [2.75, 3.05) is 0 Å². The second-order valence-corrected chi connectivity index (χ2v) is 5.43. The number of pyridine rings is 1. The van der Waals surface area contributed by atoms with Crippen LogP contribution in [0.15, 0.2) is 35.7 Å². The van der Waals surface area contributed by atoms with Crippen LogP contribution in [0.1, 0.15) is 11.4 Å². The van der Waals surface area contributed by atoms with Gasteiger partial charge in [-0.1, -0.05) is 6.07 Å². The zero-order chi connectivity index (χ0) is 14.1. The van der Waals surface area contributed by atoms with Crippen LogP contribution in [0.3, 0.4) is 0 Å². The van der Waals surface area contributed by atoms with Crippen molar-refractivity contribution in [1.82, 2.24) is 9.97 Å². The number of hydrogen-bond donors (Lipinski definition) is 1. The molecule has 0 bridgehead atoms. The third kappa shape index (κ3) is 2.53. The van der Waals surface area contributed by atoms with Gasteiger partial charge in [-0.2, -0.15) is 0 Å². The highest BCUT2D eigenvalue weighted by Gasteiger charge is 2.08. The number of aliphatic carboxylic acids is 1. The molecule has 0 atom stereocenters. The summed E-state index contributed by atoms with van der Waals surface area (Å²) in [5, 5.41) is 12.5. The Bertz CT molecular complexity index is 795. The molecule has 2 heterocycles. The minimum absolute atomic E-state index is 0.0369. The lowest BCUT2D eigenvalue weighted by Gasteiger charge is -2.01. The third-order valence-electron chi connectivity index (χ3n) is 2.96. The van der Waals surface area contributed by atoms with Crippen LogP contribution in [-0.2, 0) is 11.2 Å². The van der Waals surface area contributed by atoms with Gasteiger partial charge in [0.1, 0.15) is 5.01 Å². The van der Waals surface area contributed by atoms with E-state index in [1.807, 2.05) is 37.3 Å². The molecular weight excluding hydrogens is 272 g/mol. The van der Waals surface area contributed by atoms with Gasteiger partial charge < -0.3 is 5.11 Å². The smallest absolute Gasteiger partial charge is 0.309 e. The fourth-order valence-electron chi connectivity index (χ4n) is 2.04. The third-order valence-corrected chi connectivity index (χ3v) is 3.90. The Balaban J connectivity index is 1.99. The highest BCUT2D eigenvalue weighted by Crippen LogP contribution is 2.27. The lowest BCUT2D eigenvalue weighted by Crippen LogP contribution is -1.99. The van der Waals surface area contributed by atoms with Gasteiger partial charge in [0.05, 0.1) is 17.6 Å². The zero-order valence-corrected chi connectivity index (χ0v) is 11.6. The number of nitrogens with zero attached hydrogens (tertiary/aromatic N) is 2. The fourth-order valence-corrected chi connectivity index (χ4v) is 2.85. The maximum absolute atomic E-state index is 10.7. The number of carboxylic acids is 1.